The van der Waals surface area contributed by atoms with Gasteiger partial charge in [-0.1, -0.05) is 19.1 Å². The first kappa shape index (κ1) is 26.9. The molecule has 0 bridgehead atoms. The van der Waals surface area contributed by atoms with E-state index in [1.807, 2.05) is 71.1 Å². The summed E-state index contributed by atoms with van der Waals surface area (Å²) in [7, 11) is 1.81. The Morgan fingerprint density at radius 2 is 1.79 bits per heavy atom. The predicted molar refractivity (Wildman–Crippen MR) is 147 cm³/mol. The molecule has 1 atom stereocenters. The molecule has 2 N–H and O–H groups in total. The Kier molecular flexibility index (Phi) is 7.86. The zero-order valence-corrected chi connectivity index (χ0v) is 22.4. The van der Waals surface area contributed by atoms with E-state index < -0.39 is 5.97 Å². The fourth-order valence-corrected chi connectivity index (χ4v) is 4.97. The van der Waals surface area contributed by atoms with Gasteiger partial charge in [-0.3, -0.25) is 9.59 Å². The number of rotatable bonds is 9. The van der Waals surface area contributed by atoms with Crippen molar-refractivity contribution in [1.82, 2.24) is 9.88 Å². The van der Waals surface area contributed by atoms with E-state index in [-0.39, 0.29) is 24.2 Å². The quantitative estimate of drug-likeness (QED) is 0.256. The Morgan fingerprint density at radius 3 is 2.50 bits per heavy atom. The van der Waals surface area contributed by atoms with Gasteiger partial charge < -0.3 is 19.7 Å². The summed E-state index contributed by atoms with van der Waals surface area (Å²) < 4.78 is 21.8. The zero-order valence-electron chi connectivity index (χ0n) is 22.4. The van der Waals surface area contributed by atoms with Gasteiger partial charge in [0.1, 0.15) is 23.0 Å². The van der Waals surface area contributed by atoms with Crippen LogP contribution in [-0.2, 0) is 24.7 Å². The van der Waals surface area contributed by atoms with Gasteiger partial charge in [-0.25, -0.2) is 4.39 Å². The van der Waals surface area contributed by atoms with E-state index in [0.29, 0.717) is 23.6 Å². The lowest BCUT2D eigenvalue weighted by Gasteiger charge is -2.18. The summed E-state index contributed by atoms with van der Waals surface area (Å²) in [6.07, 6.45) is 1.34. The molecule has 4 rings (SSSR count). The zero-order chi connectivity index (χ0) is 27.6. The Bertz CT molecular complexity index is 1520. The first-order valence-electron chi connectivity index (χ1n) is 12.8. The average Bonchev–Trinajstić information content (AvgIpc) is 3.11. The number of ether oxygens (including phenoxy) is 1. The van der Waals surface area contributed by atoms with Gasteiger partial charge >= 0.3 is 5.97 Å². The molecule has 0 saturated heterocycles. The van der Waals surface area contributed by atoms with Crippen LogP contribution in [0.5, 0.6) is 11.5 Å². The Hall–Kier alpha value is -4.13. The van der Waals surface area contributed by atoms with Crippen LogP contribution in [0, 0.1) is 19.7 Å². The van der Waals surface area contributed by atoms with Gasteiger partial charge in [0.15, 0.2) is 0 Å². The number of carboxylic acid groups (broad SMARTS) is 1. The van der Waals surface area contributed by atoms with Gasteiger partial charge in [0, 0.05) is 24.4 Å². The number of carbonyl (C=O) groups is 2. The van der Waals surface area contributed by atoms with Crippen molar-refractivity contribution in [2.24, 2.45) is 7.05 Å². The monoisotopic (exact) mass is 516 g/mol. The van der Waals surface area contributed by atoms with Crippen LogP contribution in [-0.4, -0.2) is 21.6 Å². The fraction of sp³-hybridized carbons (Fsp3) is 0.290. The molecule has 0 radical (unpaired) electrons. The first-order valence-corrected chi connectivity index (χ1v) is 12.8. The van der Waals surface area contributed by atoms with Crippen LogP contribution in [0.15, 0.2) is 54.6 Å². The summed E-state index contributed by atoms with van der Waals surface area (Å²) in [5.41, 5.74) is 5.98. The second kappa shape index (κ2) is 11.1. The molecule has 0 aliphatic carbocycles. The molecule has 6 nitrogen and oxygen atoms in total. The van der Waals surface area contributed by atoms with Crippen molar-refractivity contribution in [3.63, 3.8) is 0 Å². The van der Waals surface area contributed by atoms with E-state index in [1.54, 1.807) is 10.6 Å². The molecule has 1 aromatic heterocycles. The molecular formula is C31H33FN2O4. The Morgan fingerprint density at radius 1 is 1.03 bits per heavy atom. The van der Waals surface area contributed by atoms with E-state index >= 15 is 0 Å². The third-order valence-corrected chi connectivity index (χ3v) is 6.95. The minimum Gasteiger partial charge on any atom is -0.481 e. The summed E-state index contributed by atoms with van der Waals surface area (Å²) in [5.74, 6) is -0.0574. The van der Waals surface area contributed by atoms with Crippen molar-refractivity contribution in [2.45, 2.75) is 53.0 Å². The molecule has 0 fully saturated rings. The van der Waals surface area contributed by atoms with E-state index in [0.717, 1.165) is 45.1 Å². The standard InChI is InChI=1S/C31H33FN2O4/c1-6-21-15-25(10-7-22(21)8-12-29(35)36)38-26-14-18(2)13-23(16-26)20(4)33-31(37)30-19(3)27-17-24(32)9-11-28(27)34(30)5/h7,9-11,13-17,20H,6,8,12H2,1-5H3,(H,33,37)(H,35,36). The van der Waals surface area contributed by atoms with Crippen molar-refractivity contribution < 1.29 is 23.8 Å². The van der Waals surface area contributed by atoms with E-state index in [2.05, 4.69) is 5.32 Å². The number of amides is 1. The van der Waals surface area contributed by atoms with Gasteiger partial charge in [0.05, 0.1) is 6.04 Å². The topological polar surface area (TPSA) is 80.6 Å². The van der Waals surface area contributed by atoms with Crippen LogP contribution in [0.25, 0.3) is 10.9 Å². The van der Waals surface area contributed by atoms with Crippen molar-refractivity contribution in [3.8, 4) is 11.5 Å². The molecule has 3 aromatic carbocycles. The molecule has 1 amide bonds. The second-order valence-electron chi connectivity index (χ2n) is 9.75. The summed E-state index contributed by atoms with van der Waals surface area (Å²) in [4.78, 5) is 24.3. The molecule has 198 valence electrons. The number of carboxylic acids is 1. The number of aliphatic carboxylic acids is 1. The number of fused-ring (bicyclic) bond motifs is 1. The van der Waals surface area contributed by atoms with Gasteiger partial charge in [-0.05, 0) is 104 Å². The lowest BCUT2D eigenvalue weighted by Crippen LogP contribution is -2.29. The van der Waals surface area contributed by atoms with Gasteiger partial charge in [-0.15, -0.1) is 0 Å². The molecule has 1 unspecified atom stereocenters. The Balaban J connectivity index is 1.54. The SMILES string of the molecule is CCc1cc(Oc2cc(C)cc(C(C)NC(=O)c3c(C)c4cc(F)ccc4n3C)c2)ccc1CCC(=O)O. The van der Waals surface area contributed by atoms with E-state index in [9.17, 15) is 14.0 Å². The largest absolute Gasteiger partial charge is 0.481 e. The highest BCUT2D eigenvalue weighted by Gasteiger charge is 2.21. The van der Waals surface area contributed by atoms with Crippen molar-refractivity contribution in [1.29, 1.82) is 0 Å². The highest BCUT2D eigenvalue weighted by atomic mass is 19.1. The number of aryl methyl sites for hydroxylation is 5. The molecule has 7 heteroatoms. The van der Waals surface area contributed by atoms with Crippen molar-refractivity contribution >= 4 is 22.8 Å². The lowest BCUT2D eigenvalue weighted by atomic mass is 10.0. The van der Waals surface area contributed by atoms with Crippen LogP contribution in [0.1, 0.15) is 64.6 Å². The van der Waals surface area contributed by atoms with Crippen LogP contribution < -0.4 is 10.1 Å². The Labute approximate surface area is 222 Å². The van der Waals surface area contributed by atoms with Crippen LogP contribution in [0.2, 0.25) is 0 Å². The molecule has 0 saturated carbocycles. The van der Waals surface area contributed by atoms with Crippen molar-refractivity contribution in [2.75, 3.05) is 0 Å². The molecule has 0 aliphatic heterocycles. The van der Waals surface area contributed by atoms with Crippen molar-refractivity contribution in [3.05, 3.63) is 93.9 Å². The maximum Gasteiger partial charge on any atom is 0.303 e. The summed E-state index contributed by atoms with van der Waals surface area (Å²) in [6.45, 7) is 7.75. The molecule has 0 spiro atoms. The van der Waals surface area contributed by atoms with Gasteiger partial charge in [0.25, 0.3) is 5.91 Å². The molecule has 1 heterocycles. The van der Waals surface area contributed by atoms with Gasteiger partial charge in [-0.2, -0.15) is 0 Å². The fourth-order valence-electron chi connectivity index (χ4n) is 4.97. The number of halogens is 1. The number of aromatic nitrogens is 1. The number of benzene rings is 3. The summed E-state index contributed by atoms with van der Waals surface area (Å²) in [6, 6.07) is 15.8. The maximum absolute atomic E-state index is 13.8. The number of nitrogens with zero attached hydrogens (tertiary/aromatic N) is 1. The predicted octanol–water partition coefficient (Wildman–Crippen LogP) is 6.80. The van der Waals surface area contributed by atoms with Gasteiger partial charge in [0.2, 0.25) is 0 Å². The molecule has 38 heavy (non-hydrogen) atoms. The number of hydrogen-bond acceptors (Lipinski definition) is 3. The van der Waals surface area contributed by atoms with Crippen LogP contribution in [0.3, 0.4) is 0 Å². The third kappa shape index (κ3) is 5.72. The minimum absolute atomic E-state index is 0.0905. The second-order valence-corrected chi connectivity index (χ2v) is 9.75. The maximum atomic E-state index is 13.8. The van der Waals surface area contributed by atoms with Crippen LogP contribution >= 0.6 is 0 Å². The number of nitrogens with one attached hydrogen (secondary N) is 1. The summed E-state index contributed by atoms with van der Waals surface area (Å²) in [5, 5.41) is 12.8. The van der Waals surface area contributed by atoms with E-state index in [4.69, 9.17) is 9.84 Å². The van der Waals surface area contributed by atoms with Crippen LogP contribution in [0.4, 0.5) is 4.39 Å². The third-order valence-electron chi connectivity index (χ3n) is 6.95. The summed E-state index contributed by atoms with van der Waals surface area (Å²) >= 11 is 0. The molecular weight excluding hydrogens is 483 g/mol. The lowest BCUT2D eigenvalue weighted by molar-refractivity contribution is -0.136. The number of hydrogen-bond donors (Lipinski definition) is 2. The first-order chi connectivity index (χ1) is 18.1. The molecule has 4 aromatic rings. The molecule has 0 aliphatic rings. The number of carbonyl (C=O) groups excluding carboxylic acids is 1. The normalized spacial score (nSPS) is 11.9. The highest BCUT2D eigenvalue weighted by Crippen LogP contribution is 2.30. The highest BCUT2D eigenvalue weighted by molar-refractivity contribution is 6.01. The van der Waals surface area contributed by atoms with E-state index in [1.165, 1.54) is 12.1 Å². The smallest absolute Gasteiger partial charge is 0.303 e. The average molecular weight is 517 g/mol. The minimum atomic E-state index is -0.814.